The Hall–Kier alpha value is -2.01. The first-order chi connectivity index (χ1) is 7.84. The van der Waals surface area contributed by atoms with Crippen molar-refractivity contribution in [2.45, 2.75) is 26.3 Å². The van der Waals surface area contributed by atoms with E-state index in [1.54, 1.807) is 20.8 Å². The standard InChI is InChI=1S/C12H14FNO3/c1-5-8-14(12(2,3)4)10(15)11(16)17-9-6-7-13/h1H,8-9H2,2-4H3. The van der Waals surface area contributed by atoms with Crippen molar-refractivity contribution >= 4 is 11.9 Å². The Balaban J connectivity index is 4.67. The highest BCUT2D eigenvalue weighted by molar-refractivity contribution is 6.32. The number of halogens is 1. The van der Waals surface area contributed by atoms with Crippen molar-refractivity contribution in [1.82, 2.24) is 4.90 Å². The molecule has 0 atom stereocenters. The predicted octanol–water partition coefficient (Wildman–Crippen LogP) is 0.720. The van der Waals surface area contributed by atoms with Gasteiger partial charge < -0.3 is 9.64 Å². The summed E-state index contributed by atoms with van der Waals surface area (Å²) in [6.07, 6.45) is 6.18. The Kier molecular flexibility index (Phi) is 5.77. The summed E-state index contributed by atoms with van der Waals surface area (Å²) in [4.78, 5) is 24.2. The Morgan fingerprint density at radius 3 is 2.41 bits per heavy atom. The monoisotopic (exact) mass is 239 g/mol. The van der Waals surface area contributed by atoms with Gasteiger partial charge in [0.25, 0.3) is 0 Å². The quantitative estimate of drug-likeness (QED) is 0.405. The Morgan fingerprint density at radius 1 is 1.41 bits per heavy atom. The van der Waals surface area contributed by atoms with Crippen LogP contribution in [0, 0.1) is 24.4 Å². The molecule has 0 unspecified atom stereocenters. The number of nitrogens with zero attached hydrogens (tertiary/aromatic N) is 1. The van der Waals surface area contributed by atoms with Crippen molar-refractivity contribution < 1.29 is 18.7 Å². The summed E-state index contributed by atoms with van der Waals surface area (Å²) in [6, 6.07) is 0. The smallest absolute Gasteiger partial charge is 0.398 e. The largest absolute Gasteiger partial charge is 0.445 e. The van der Waals surface area contributed by atoms with Crippen LogP contribution in [0.1, 0.15) is 20.8 Å². The van der Waals surface area contributed by atoms with E-state index in [-0.39, 0.29) is 6.54 Å². The van der Waals surface area contributed by atoms with Crippen molar-refractivity contribution in [3.05, 3.63) is 0 Å². The molecule has 0 aromatic heterocycles. The topological polar surface area (TPSA) is 46.6 Å². The van der Waals surface area contributed by atoms with Gasteiger partial charge in [0.15, 0.2) is 6.61 Å². The first kappa shape index (κ1) is 15.0. The number of terminal acetylenes is 1. The van der Waals surface area contributed by atoms with Crippen LogP contribution in [0.4, 0.5) is 4.39 Å². The highest BCUT2D eigenvalue weighted by Crippen LogP contribution is 2.13. The van der Waals surface area contributed by atoms with Crippen LogP contribution in [-0.4, -0.2) is 35.5 Å². The molecule has 17 heavy (non-hydrogen) atoms. The molecular formula is C12H14FNO3. The highest BCUT2D eigenvalue weighted by Gasteiger charge is 2.31. The molecule has 92 valence electrons. The third kappa shape index (κ3) is 5.03. The number of ether oxygens (including phenoxy) is 1. The van der Waals surface area contributed by atoms with E-state index in [1.165, 1.54) is 4.90 Å². The average molecular weight is 239 g/mol. The first-order valence-corrected chi connectivity index (χ1v) is 4.85. The number of esters is 1. The molecule has 0 aromatic carbocycles. The normalized spacial score (nSPS) is 9.59. The van der Waals surface area contributed by atoms with E-state index in [4.69, 9.17) is 6.42 Å². The molecule has 0 heterocycles. The zero-order chi connectivity index (χ0) is 13.5. The lowest BCUT2D eigenvalue weighted by Gasteiger charge is -2.33. The van der Waals surface area contributed by atoms with Gasteiger partial charge >= 0.3 is 11.9 Å². The summed E-state index contributed by atoms with van der Waals surface area (Å²) in [5.74, 6) is 2.20. The van der Waals surface area contributed by atoms with E-state index in [0.29, 0.717) is 0 Å². The third-order valence-corrected chi connectivity index (χ3v) is 1.82. The molecule has 0 spiro atoms. The minimum Gasteiger partial charge on any atom is -0.445 e. The number of carbonyl (C=O) groups excluding carboxylic acids is 2. The van der Waals surface area contributed by atoms with Gasteiger partial charge in [-0.25, -0.2) is 4.79 Å². The van der Waals surface area contributed by atoms with Crippen molar-refractivity contribution in [2.75, 3.05) is 13.2 Å². The van der Waals surface area contributed by atoms with Crippen LogP contribution >= 0.6 is 0 Å². The molecule has 1 amide bonds. The Labute approximate surface area is 100 Å². The van der Waals surface area contributed by atoms with Crippen LogP contribution in [0.15, 0.2) is 0 Å². The predicted molar refractivity (Wildman–Crippen MR) is 60.1 cm³/mol. The van der Waals surface area contributed by atoms with E-state index >= 15 is 0 Å². The molecule has 0 aliphatic heterocycles. The van der Waals surface area contributed by atoms with E-state index in [1.807, 2.05) is 5.92 Å². The van der Waals surface area contributed by atoms with Gasteiger partial charge in [-0.15, -0.1) is 10.8 Å². The van der Waals surface area contributed by atoms with Gasteiger partial charge in [0.2, 0.25) is 0 Å². The molecule has 0 fully saturated rings. The molecule has 0 radical (unpaired) electrons. The second-order valence-corrected chi connectivity index (χ2v) is 4.11. The molecule has 0 saturated carbocycles. The van der Waals surface area contributed by atoms with Crippen LogP contribution in [0.25, 0.3) is 0 Å². The van der Waals surface area contributed by atoms with E-state index < -0.39 is 24.0 Å². The molecule has 0 rings (SSSR count). The number of hydrogen-bond donors (Lipinski definition) is 0. The van der Waals surface area contributed by atoms with Gasteiger partial charge in [0, 0.05) is 5.54 Å². The van der Waals surface area contributed by atoms with Crippen molar-refractivity contribution in [2.24, 2.45) is 0 Å². The lowest BCUT2D eigenvalue weighted by molar-refractivity contribution is -0.161. The fourth-order valence-electron chi connectivity index (χ4n) is 1.01. The lowest BCUT2D eigenvalue weighted by atomic mass is 10.1. The SMILES string of the molecule is C#CCN(C(=O)C(=O)OCC#CF)C(C)(C)C. The summed E-state index contributed by atoms with van der Waals surface area (Å²) in [5, 5.41) is 0. The minimum atomic E-state index is -1.10. The third-order valence-electron chi connectivity index (χ3n) is 1.82. The molecule has 0 aliphatic carbocycles. The summed E-state index contributed by atoms with van der Waals surface area (Å²) in [7, 11) is 0. The Morgan fingerprint density at radius 2 is 2.00 bits per heavy atom. The lowest BCUT2D eigenvalue weighted by Crippen LogP contribution is -2.49. The maximum absolute atomic E-state index is 11.7. The molecule has 5 heteroatoms. The summed E-state index contributed by atoms with van der Waals surface area (Å²) < 4.78 is 15.9. The minimum absolute atomic E-state index is 0.00772. The van der Waals surface area contributed by atoms with E-state index in [2.05, 4.69) is 10.7 Å². The molecular weight excluding hydrogens is 225 g/mol. The number of carbonyl (C=O) groups is 2. The molecule has 0 aliphatic rings. The maximum atomic E-state index is 11.7. The molecule has 0 aromatic rings. The van der Waals surface area contributed by atoms with E-state index in [0.717, 1.165) is 6.17 Å². The second kappa shape index (κ2) is 6.55. The highest BCUT2D eigenvalue weighted by atomic mass is 19.1. The van der Waals surface area contributed by atoms with Crippen molar-refractivity contribution in [1.29, 1.82) is 0 Å². The van der Waals surface area contributed by atoms with Crippen LogP contribution in [0.2, 0.25) is 0 Å². The zero-order valence-electron chi connectivity index (χ0n) is 10.0. The van der Waals surface area contributed by atoms with Gasteiger partial charge in [-0.1, -0.05) is 5.92 Å². The fraction of sp³-hybridized carbons (Fsp3) is 0.500. The van der Waals surface area contributed by atoms with Gasteiger partial charge in [-0.05, 0) is 26.7 Å². The number of rotatable bonds is 2. The van der Waals surface area contributed by atoms with Crippen LogP contribution in [0.5, 0.6) is 0 Å². The second-order valence-electron chi connectivity index (χ2n) is 4.11. The van der Waals surface area contributed by atoms with Gasteiger partial charge in [0.05, 0.1) is 6.54 Å². The van der Waals surface area contributed by atoms with Crippen LogP contribution in [0.3, 0.4) is 0 Å². The molecule has 0 bridgehead atoms. The molecule has 4 nitrogen and oxygen atoms in total. The van der Waals surface area contributed by atoms with Gasteiger partial charge in [-0.2, -0.15) is 0 Å². The number of amides is 1. The summed E-state index contributed by atoms with van der Waals surface area (Å²) >= 11 is 0. The first-order valence-electron chi connectivity index (χ1n) is 4.85. The van der Waals surface area contributed by atoms with E-state index in [9.17, 15) is 14.0 Å². The van der Waals surface area contributed by atoms with Crippen LogP contribution in [-0.2, 0) is 14.3 Å². The fourth-order valence-corrected chi connectivity index (χ4v) is 1.01. The van der Waals surface area contributed by atoms with Gasteiger partial charge in [-0.3, -0.25) is 4.79 Å². The van der Waals surface area contributed by atoms with Crippen LogP contribution < -0.4 is 0 Å². The number of hydrogen-bond acceptors (Lipinski definition) is 3. The van der Waals surface area contributed by atoms with Crippen molar-refractivity contribution in [3.8, 4) is 24.4 Å². The Bertz CT molecular complexity index is 393. The average Bonchev–Trinajstić information content (AvgIpc) is 2.23. The molecule has 0 N–H and O–H groups in total. The summed E-state index contributed by atoms with van der Waals surface area (Å²) in [6.45, 7) is 4.73. The van der Waals surface area contributed by atoms with Crippen molar-refractivity contribution in [3.63, 3.8) is 0 Å². The maximum Gasteiger partial charge on any atom is 0.398 e. The zero-order valence-corrected chi connectivity index (χ0v) is 10.0. The van der Waals surface area contributed by atoms with Gasteiger partial charge in [0.1, 0.15) is 6.17 Å². The summed E-state index contributed by atoms with van der Waals surface area (Å²) in [5.41, 5.74) is -0.603. The molecule has 0 saturated heterocycles.